The van der Waals surface area contributed by atoms with Crippen LogP contribution in [0.3, 0.4) is 0 Å². The van der Waals surface area contributed by atoms with Crippen LogP contribution in [0.1, 0.15) is 5.56 Å². The minimum absolute atomic E-state index is 0.226. The Kier molecular flexibility index (Phi) is 2.79. The van der Waals surface area contributed by atoms with Crippen LogP contribution in [0.4, 0.5) is 15.8 Å². The second kappa shape index (κ2) is 4.61. The second-order valence-corrected chi connectivity index (χ2v) is 4.34. The highest BCUT2D eigenvalue weighted by Crippen LogP contribution is 2.25. The molecule has 1 aromatic heterocycles. The average Bonchev–Trinajstić information content (AvgIpc) is 2.84. The van der Waals surface area contributed by atoms with Crippen LogP contribution >= 0.6 is 0 Å². The molecule has 0 bridgehead atoms. The topological polar surface area (TPSA) is 66.7 Å². The lowest BCUT2D eigenvalue weighted by atomic mass is 10.2. The predicted octanol–water partition coefficient (Wildman–Crippen LogP) is 2.90. The first-order chi connectivity index (χ1) is 9.24. The van der Waals surface area contributed by atoms with Gasteiger partial charge in [0, 0.05) is 17.5 Å². The third kappa shape index (κ3) is 2.22. The summed E-state index contributed by atoms with van der Waals surface area (Å²) >= 11 is 0. The molecule has 3 aromatic rings. The summed E-state index contributed by atoms with van der Waals surface area (Å²) in [5, 5.41) is 10.9. The van der Waals surface area contributed by atoms with E-state index in [-0.39, 0.29) is 5.82 Å². The first-order valence-electron chi connectivity index (χ1n) is 5.94. The monoisotopic (exact) mass is 256 g/mol. The van der Waals surface area contributed by atoms with E-state index in [0.29, 0.717) is 17.8 Å². The number of aromatic nitrogens is 2. The molecule has 0 saturated carbocycles. The molecule has 0 aliphatic rings. The number of anilines is 2. The number of H-pyrrole nitrogens is 1. The molecule has 0 aliphatic carbocycles. The molecule has 0 aliphatic heterocycles. The minimum Gasteiger partial charge on any atom is -0.397 e. The Balaban J connectivity index is 1.85. The van der Waals surface area contributed by atoms with Crippen molar-refractivity contribution in [2.24, 2.45) is 0 Å². The third-order valence-electron chi connectivity index (χ3n) is 3.04. The maximum Gasteiger partial charge on any atom is 0.128 e. The van der Waals surface area contributed by atoms with E-state index in [0.717, 1.165) is 16.6 Å². The Bertz CT molecular complexity index is 720. The molecule has 0 amide bonds. The normalized spacial score (nSPS) is 10.8. The van der Waals surface area contributed by atoms with E-state index >= 15 is 0 Å². The summed E-state index contributed by atoms with van der Waals surface area (Å²) < 4.78 is 13.5. The fourth-order valence-corrected chi connectivity index (χ4v) is 1.99. The summed E-state index contributed by atoms with van der Waals surface area (Å²) in [4.78, 5) is 0. The highest BCUT2D eigenvalue weighted by Gasteiger charge is 2.05. The zero-order valence-corrected chi connectivity index (χ0v) is 10.2. The molecule has 19 heavy (non-hydrogen) atoms. The molecule has 4 N–H and O–H groups in total. The quantitative estimate of drug-likeness (QED) is 0.631. The molecule has 0 atom stereocenters. The van der Waals surface area contributed by atoms with Gasteiger partial charge in [-0.3, -0.25) is 5.10 Å². The van der Waals surface area contributed by atoms with Gasteiger partial charge in [0.1, 0.15) is 5.82 Å². The Hall–Kier alpha value is -2.56. The van der Waals surface area contributed by atoms with Gasteiger partial charge in [-0.25, -0.2) is 4.39 Å². The van der Waals surface area contributed by atoms with Gasteiger partial charge in [-0.05, 0) is 18.2 Å². The van der Waals surface area contributed by atoms with Gasteiger partial charge in [-0.2, -0.15) is 5.10 Å². The first kappa shape index (κ1) is 11.5. The summed E-state index contributed by atoms with van der Waals surface area (Å²) in [6.45, 7) is 0.385. The van der Waals surface area contributed by atoms with Crippen molar-refractivity contribution in [2.75, 3.05) is 11.1 Å². The van der Waals surface area contributed by atoms with Gasteiger partial charge in [0.25, 0.3) is 0 Å². The van der Waals surface area contributed by atoms with E-state index in [9.17, 15) is 4.39 Å². The minimum atomic E-state index is -0.226. The molecule has 3 rings (SSSR count). The number of benzene rings is 2. The molecule has 0 saturated heterocycles. The van der Waals surface area contributed by atoms with Gasteiger partial charge in [0.2, 0.25) is 0 Å². The summed E-state index contributed by atoms with van der Waals surface area (Å²) in [5.41, 5.74) is 8.83. The van der Waals surface area contributed by atoms with E-state index in [2.05, 4.69) is 15.5 Å². The Labute approximate surface area is 109 Å². The van der Waals surface area contributed by atoms with Crippen molar-refractivity contribution in [1.82, 2.24) is 10.2 Å². The van der Waals surface area contributed by atoms with E-state index in [4.69, 9.17) is 5.73 Å². The second-order valence-electron chi connectivity index (χ2n) is 4.34. The standard InChI is InChI=1S/C14H13FN4/c15-11-4-2-1-3-9(11)7-17-14-6-13-10(5-12(14)16)8-18-19-13/h1-6,8,17H,7,16H2,(H,18,19). The lowest BCUT2D eigenvalue weighted by Crippen LogP contribution is -2.04. The first-order valence-corrected chi connectivity index (χ1v) is 5.94. The number of nitrogens with one attached hydrogen (secondary N) is 2. The number of aromatic amines is 1. The third-order valence-corrected chi connectivity index (χ3v) is 3.04. The molecule has 0 spiro atoms. The van der Waals surface area contributed by atoms with E-state index < -0.39 is 0 Å². The molecule has 96 valence electrons. The molecular weight excluding hydrogens is 243 g/mol. The van der Waals surface area contributed by atoms with Crippen molar-refractivity contribution in [1.29, 1.82) is 0 Å². The molecule has 0 fully saturated rings. The number of hydrogen-bond donors (Lipinski definition) is 3. The van der Waals surface area contributed by atoms with Crippen molar-refractivity contribution in [3.8, 4) is 0 Å². The Morgan fingerprint density at radius 2 is 2.11 bits per heavy atom. The van der Waals surface area contributed by atoms with Gasteiger partial charge >= 0.3 is 0 Å². The van der Waals surface area contributed by atoms with Gasteiger partial charge < -0.3 is 11.1 Å². The fraction of sp³-hybridized carbons (Fsp3) is 0.0714. The number of rotatable bonds is 3. The number of hydrogen-bond acceptors (Lipinski definition) is 3. The molecular formula is C14H13FN4. The number of fused-ring (bicyclic) bond motifs is 1. The summed E-state index contributed by atoms with van der Waals surface area (Å²) in [6.07, 6.45) is 1.71. The molecule has 0 radical (unpaired) electrons. The summed E-state index contributed by atoms with van der Waals surface area (Å²) in [7, 11) is 0. The van der Waals surface area contributed by atoms with Gasteiger partial charge in [-0.15, -0.1) is 0 Å². The smallest absolute Gasteiger partial charge is 0.128 e. The summed E-state index contributed by atoms with van der Waals surface area (Å²) in [6, 6.07) is 10.4. The molecule has 4 nitrogen and oxygen atoms in total. The van der Waals surface area contributed by atoms with Crippen molar-refractivity contribution in [3.63, 3.8) is 0 Å². The lowest BCUT2D eigenvalue weighted by molar-refractivity contribution is 0.613. The van der Waals surface area contributed by atoms with Crippen LogP contribution in [0.5, 0.6) is 0 Å². The van der Waals surface area contributed by atoms with Crippen LogP contribution < -0.4 is 11.1 Å². The van der Waals surface area contributed by atoms with Gasteiger partial charge in [-0.1, -0.05) is 18.2 Å². The Morgan fingerprint density at radius 3 is 2.95 bits per heavy atom. The largest absolute Gasteiger partial charge is 0.397 e. The maximum atomic E-state index is 13.5. The summed E-state index contributed by atoms with van der Waals surface area (Å²) in [5.74, 6) is -0.226. The zero-order chi connectivity index (χ0) is 13.2. The van der Waals surface area contributed by atoms with Gasteiger partial charge in [0.15, 0.2) is 0 Å². The van der Waals surface area contributed by atoms with Crippen LogP contribution in [0.25, 0.3) is 10.9 Å². The van der Waals surface area contributed by atoms with Crippen LogP contribution in [0.15, 0.2) is 42.6 Å². The van der Waals surface area contributed by atoms with Crippen molar-refractivity contribution in [2.45, 2.75) is 6.54 Å². The predicted molar refractivity (Wildman–Crippen MR) is 74.2 cm³/mol. The van der Waals surface area contributed by atoms with Crippen molar-refractivity contribution in [3.05, 3.63) is 54.0 Å². The molecule has 5 heteroatoms. The van der Waals surface area contributed by atoms with Crippen LogP contribution in [-0.4, -0.2) is 10.2 Å². The molecule has 1 heterocycles. The fourth-order valence-electron chi connectivity index (χ4n) is 1.99. The SMILES string of the molecule is Nc1cc2cn[nH]c2cc1NCc1ccccc1F. The number of nitrogens with two attached hydrogens (primary N) is 1. The lowest BCUT2D eigenvalue weighted by Gasteiger charge is -2.10. The number of nitrogens with zero attached hydrogens (tertiary/aromatic N) is 1. The van der Waals surface area contributed by atoms with Crippen LogP contribution in [0, 0.1) is 5.82 Å². The average molecular weight is 256 g/mol. The van der Waals surface area contributed by atoms with Crippen LogP contribution in [0.2, 0.25) is 0 Å². The number of halogens is 1. The maximum absolute atomic E-state index is 13.5. The zero-order valence-electron chi connectivity index (χ0n) is 10.2. The van der Waals surface area contributed by atoms with Crippen LogP contribution in [-0.2, 0) is 6.54 Å². The highest BCUT2D eigenvalue weighted by atomic mass is 19.1. The molecule has 2 aromatic carbocycles. The van der Waals surface area contributed by atoms with Crippen molar-refractivity contribution >= 4 is 22.3 Å². The van der Waals surface area contributed by atoms with Crippen molar-refractivity contribution < 1.29 is 4.39 Å². The van der Waals surface area contributed by atoms with E-state index in [1.165, 1.54) is 6.07 Å². The number of nitrogen functional groups attached to an aromatic ring is 1. The van der Waals surface area contributed by atoms with E-state index in [1.807, 2.05) is 18.2 Å². The Morgan fingerprint density at radius 1 is 1.26 bits per heavy atom. The van der Waals surface area contributed by atoms with E-state index in [1.54, 1.807) is 18.3 Å². The van der Waals surface area contributed by atoms with Gasteiger partial charge in [0.05, 0.1) is 23.1 Å². The highest BCUT2D eigenvalue weighted by molar-refractivity contribution is 5.88. The molecule has 0 unspecified atom stereocenters.